The first kappa shape index (κ1) is 32.1. The molecule has 3 nitrogen and oxygen atoms in total. The van der Waals surface area contributed by atoms with Crippen LogP contribution in [0.4, 0.5) is 0 Å². The van der Waals surface area contributed by atoms with E-state index in [1.165, 1.54) is 33.4 Å². The molecule has 262 valence electrons. The fraction of sp³-hybridized carbons (Fsp3) is 0.0189. The quantitative estimate of drug-likeness (QED) is 0.172. The van der Waals surface area contributed by atoms with E-state index in [2.05, 4.69) is 176 Å². The summed E-state index contributed by atoms with van der Waals surface area (Å²) < 4.78 is 6.18. The van der Waals surface area contributed by atoms with E-state index in [0.29, 0.717) is 5.82 Å². The molecule has 0 fully saturated rings. The van der Waals surface area contributed by atoms with Crippen LogP contribution >= 0.6 is 0 Å². The summed E-state index contributed by atoms with van der Waals surface area (Å²) in [7, 11) is 0. The van der Waals surface area contributed by atoms with Crippen molar-refractivity contribution in [3.05, 3.63) is 229 Å². The average Bonchev–Trinajstić information content (AvgIpc) is 3.80. The molecule has 2 aromatic heterocycles. The predicted molar refractivity (Wildman–Crippen MR) is 228 cm³/mol. The van der Waals surface area contributed by atoms with Crippen molar-refractivity contribution in [1.29, 1.82) is 0 Å². The molecular weight excluding hydrogens is 681 g/mol. The number of benzene rings is 8. The Labute approximate surface area is 325 Å². The highest BCUT2D eigenvalue weighted by Gasteiger charge is 2.46. The zero-order chi connectivity index (χ0) is 37.1. The molecule has 0 bridgehead atoms. The highest BCUT2D eigenvalue weighted by molar-refractivity contribution is 6.06. The number of aromatic nitrogens is 2. The third kappa shape index (κ3) is 4.98. The molecule has 0 aliphatic heterocycles. The molecule has 8 aromatic carbocycles. The third-order valence-electron chi connectivity index (χ3n) is 11.4. The van der Waals surface area contributed by atoms with E-state index >= 15 is 0 Å². The molecule has 11 rings (SSSR count). The van der Waals surface area contributed by atoms with Crippen LogP contribution in [0.15, 0.2) is 211 Å². The second-order valence-corrected chi connectivity index (χ2v) is 14.5. The fourth-order valence-electron chi connectivity index (χ4n) is 8.90. The van der Waals surface area contributed by atoms with Crippen LogP contribution in [0.1, 0.15) is 22.3 Å². The van der Waals surface area contributed by atoms with Crippen LogP contribution in [0.5, 0.6) is 0 Å². The summed E-state index contributed by atoms with van der Waals surface area (Å²) in [5.41, 5.74) is 15.8. The standard InChI is InChI=1S/C53H34N2O/c1-4-16-35(17-5-1)52-54-48(37-29-31-51-45(32-37)44-25-13-15-27-50(44)56-51)34-49(55-52)43-24-11-10-22-40(43)36-28-30-42-41-23-12-14-26-46(41)53(47(42)33-36,38-18-6-2-7-19-38)39-20-8-3-9-21-39/h1-34H. The minimum absolute atomic E-state index is 0.488. The van der Waals surface area contributed by atoms with Gasteiger partial charge in [0.05, 0.1) is 16.8 Å². The van der Waals surface area contributed by atoms with Crippen LogP contribution < -0.4 is 0 Å². The van der Waals surface area contributed by atoms with E-state index < -0.39 is 5.41 Å². The van der Waals surface area contributed by atoms with Crippen molar-refractivity contribution in [2.45, 2.75) is 5.41 Å². The van der Waals surface area contributed by atoms with E-state index in [1.54, 1.807) is 0 Å². The second-order valence-electron chi connectivity index (χ2n) is 14.5. The number of hydrogen-bond acceptors (Lipinski definition) is 3. The molecule has 0 unspecified atom stereocenters. The zero-order valence-electron chi connectivity index (χ0n) is 30.4. The number of furan rings is 1. The molecule has 0 N–H and O–H groups in total. The fourth-order valence-corrected chi connectivity index (χ4v) is 8.90. The minimum atomic E-state index is -0.488. The van der Waals surface area contributed by atoms with Crippen molar-refractivity contribution in [2.75, 3.05) is 0 Å². The summed E-state index contributed by atoms with van der Waals surface area (Å²) >= 11 is 0. The van der Waals surface area contributed by atoms with E-state index in [1.807, 2.05) is 30.3 Å². The van der Waals surface area contributed by atoms with Crippen LogP contribution in [0.3, 0.4) is 0 Å². The number of para-hydroxylation sites is 1. The second kappa shape index (κ2) is 12.9. The summed E-state index contributed by atoms with van der Waals surface area (Å²) in [6.45, 7) is 0. The largest absolute Gasteiger partial charge is 0.456 e. The molecule has 10 aromatic rings. The third-order valence-corrected chi connectivity index (χ3v) is 11.4. The molecule has 1 aliphatic rings. The van der Waals surface area contributed by atoms with Crippen LogP contribution in [0, 0.1) is 0 Å². The van der Waals surface area contributed by atoms with Gasteiger partial charge in [0.15, 0.2) is 5.82 Å². The van der Waals surface area contributed by atoms with Crippen LogP contribution in [-0.4, -0.2) is 9.97 Å². The first-order valence-electron chi connectivity index (χ1n) is 19.1. The monoisotopic (exact) mass is 714 g/mol. The normalized spacial score (nSPS) is 12.8. The maximum atomic E-state index is 6.18. The lowest BCUT2D eigenvalue weighted by Crippen LogP contribution is -2.28. The van der Waals surface area contributed by atoms with Crippen molar-refractivity contribution in [1.82, 2.24) is 9.97 Å². The summed E-state index contributed by atoms with van der Waals surface area (Å²) in [6, 6.07) is 73.4. The van der Waals surface area contributed by atoms with Gasteiger partial charge in [-0.05, 0) is 80.9 Å². The smallest absolute Gasteiger partial charge is 0.160 e. The Kier molecular flexibility index (Phi) is 7.39. The lowest BCUT2D eigenvalue weighted by atomic mass is 9.67. The maximum absolute atomic E-state index is 6.18. The summed E-state index contributed by atoms with van der Waals surface area (Å²) in [4.78, 5) is 10.5. The van der Waals surface area contributed by atoms with Crippen LogP contribution in [-0.2, 0) is 5.41 Å². The lowest BCUT2D eigenvalue weighted by molar-refractivity contribution is 0.669. The van der Waals surface area contributed by atoms with E-state index in [4.69, 9.17) is 14.4 Å². The topological polar surface area (TPSA) is 38.9 Å². The maximum Gasteiger partial charge on any atom is 0.160 e. The Bertz CT molecular complexity index is 3040. The van der Waals surface area contributed by atoms with Gasteiger partial charge in [0.1, 0.15) is 11.2 Å². The van der Waals surface area contributed by atoms with E-state index in [-0.39, 0.29) is 0 Å². The van der Waals surface area contributed by atoms with Gasteiger partial charge >= 0.3 is 0 Å². The number of rotatable bonds is 6. The molecule has 1 aliphatic carbocycles. The molecule has 0 atom stereocenters. The first-order chi connectivity index (χ1) is 27.8. The summed E-state index contributed by atoms with van der Waals surface area (Å²) in [5.74, 6) is 0.682. The minimum Gasteiger partial charge on any atom is -0.456 e. The van der Waals surface area contributed by atoms with Gasteiger partial charge in [-0.15, -0.1) is 0 Å². The lowest BCUT2D eigenvalue weighted by Gasteiger charge is -2.34. The Balaban J connectivity index is 1.12. The Morgan fingerprint density at radius 2 is 0.911 bits per heavy atom. The van der Waals surface area contributed by atoms with Crippen molar-refractivity contribution < 1.29 is 4.42 Å². The van der Waals surface area contributed by atoms with Gasteiger partial charge in [-0.25, -0.2) is 9.97 Å². The number of hydrogen-bond donors (Lipinski definition) is 0. The van der Waals surface area contributed by atoms with Crippen molar-refractivity contribution in [3.63, 3.8) is 0 Å². The molecule has 0 spiro atoms. The van der Waals surface area contributed by atoms with E-state index in [0.717, 1.165) is 61.1 Å². The van der Waals surface area contributed by atoms with Gasteiger partial charge in [-0.3, -0.25) is 0 Å². The molecule has 0 amide bonds. The Hall–Kier alpha value is -7.36. The van der Waals surface area contributed by atoms with Crippen LogP contribution in [0.25, 0.3) is 78.1 Å². The Morgan fingerprint density at radius 3 is 1.68 bits per heavy atom. The average molecular weight is 715 g/mol. The summed E-state index contributed by atoms with van der Waals surface area (Å²) in [5, 5.41) is 2.16. The van der Waals surface area contributed by atoms with E-state index in [9.17, 15) is 0 Å². The van der Waals surface area contributed by atoms with Gasteiger partial charge in [0.2, 0.25) is 0 Å². The number of fused-ring (bicyclic) bond motifs is 6. The molecular formula is C53H34N2O. The molecule has 2 heterocycles. The molecule has 0 radical (unpaired) electrons. The summed E-state index contributed by atoms with van der Waals surface area (Å²) in [6.07, 6.45) is 0. The Morgan fingerprint density at radius 1 is 0.339 bits per heavy atom. The highest BCUT2D eigenvalue weighted by Crippen LogP contribution is 2.57. The highest BCUT2D eigenvalue weighted by atomic mass is 16.3. The van der Waals surface area contributed by atoms with Gasteiger partial charge in [0.25, 0.3) is 0 Å². The van der Waals surface area contributed by atoms with Crippen molar-refractivity contribution >= 4 is 21.9 Å². The molecule has 0 saturated carbocycles. The van der Waals surface area contributed by atoms with Crippen LogP contribution in [0.2, 0.25) is 0 Å². The van der Waals surface area contributed by atoms with Crippen molar-refractivity contribution in [2.24, 2.45) is 0 Å². The molecule has 56 heavy (non-hydrogen) atoms. The SMILES string of the molecule is c1ccc(-c2nc(-c3ccc4oc5ccccc5c4c3)cc(-c3ccccc3-c3ccc4c(c3)C(c3ccccc3)(c3ccccc3)c3ccccc3-4)n2)cc1. The predicted octanol–water partition coefficient (Wildman–Crippen LogP) is 13.4. The van der Waals surface area contributed by atoms with Gasteiger partial charge in [0, 0.05) is 27.5 Å². The van der Waals surface area contributed by atoms with Gasteiger partial charge < -0.3 is 4.42 Å². The van der Waals surface area contributed by atoms with Crippen molar-refractivity contribution in [3.8, 4) is 56.2 Å². The van der Waals surface area contributed by atoms with Gasteiger partial charge in [-0.2, -0.15) is 0 Å². The first-order valence-corrected chi connectivity index (χ1v) is 19.1. The molecule has 3 heteroatoms. The zero-order valence-corrected chi connectivity index (χ0v) is 30.4. The number of nitrogens with zero attached hydrogens (tertiary/aromatic N) is 2. The molecule has 0 saturated heterocycles. The van der Waals surface area contributed by atoms with Gasteiger partial charge in [-0.1, -0.05) is 170 Å².